The van der Waals surface area contributed by atoms with Gasteiger partial charge in [-0.1, -0.05) is 12.1 Å². The van der Waals surface area contributed by atoms with Crippen LogP contribution in [0.15, 0.2) is 29.2 Å². The normalized spacial score (nSPS) is 31.3. The summed E-state index contributed by atoms with van der Waals surface area (Å²) in [6.45, 7) is 1.61. The Kier molecular flexibility index (Phi) is 5.78. The third kappa shape index (κ3) is 4.39. The lowest BCUT2D eigenvalue weighted by atomic mass is 9.92. The largest absolute Gasteiger partial charge is 0.377 e. The minimum Gasteiger partial charge on any atom is -0.377 e. The highest BCUT2D eigenvalue weighted by Gasteiger charge is 2.36. The fraction of sp³-hybridized carbons (Fsp3) is 0.667. The number of rotatable bonds is 5. The number of nitrogens with one attached hydrogen (secondary N) is 1. The van der Waals surface area contributed by atoms with Crippen LogP contribution in [0.3, 0.4) is 0 Å². The van der Waals surface area contributed by atoms with Crippen LogP contribution in [-0.2, 0) is 14.6 Å². The predicted molar refractivity (Wildman–Crippen MR) is 95.0 cm³/mol. The van der Waals surface area contributed by atoms with E-state index >= 15 is 0 Å². The van der Waals surface area contributed by atoms with Crippen LogP contribution in [-0.4, -0.2) is 58.2 Å². The SMILES string of the molecule is CN1C(NCC2CCCO2)CCC(F)C1c1ccc(S(C)(=O)=O)cc1. The summed E-state index contributed by atoms with van der Waals surface area (Å²) in [4.78, 5) is 2.29. The van der Waals surface area contributed by atoms with Crippen molar-refractivity contribution in [1.29, 1.82) is 0 Å². The van der Waals surface area contributed by atoms with Crippen LogP contribution in [0.2, 0.25) is 0 Å². The molecule has 1 N–H and O–H groups in total. The monoisotopic (exact) mass is 370 g/mol. The first-order valence-electron chi connectivity index (χ1n) is 8.87. The molecule has 0 aromatic heterocycles. The van der Waals surface area contributed by atoms with Crippen molar-refractivity contribution in [2.75, 3.05) is 26.5 Å². The molecule has 4 atom stereocenters. The molecule has 0 amide bonds. The predicted octanol–water partition coefficient (Wildman–Crippen LogP) is 2.29. The first-order chi connectivity index (χ1) is 11.9. The lowest BCUT2D eigenvalue weighted by molar-refractivity contribution is 0.0171. The van der Waals surface area contributed by atoms with Crippen molar-refractivity contribution in [3.63, 3.8) is 0 Å². The van der Waals surface area contributed by atoms with Gasteiger partial charge in [-0.15, -0.1) is 0 Å². The Morgan fingerprint density at radius 1 is 1.24 bits per heavy atom. The van der Waals surface area contributed by atoms with E-state index < -0.39 is 16.0 Å². The fourth-order valence-corrected chi connectivity index (χ4v) is 4.43. The number of hydrogen-bond donors (Lipinski definition) is 1. The molecule has 2 saturated heterocycles. The molecule has 4 unspecified atom stereocenters. The standard InChI is InChI=1S/C18H27FN2O3S/c1-21-17(20-12-14-4-3-11-24-14)10-9-16(19)18(21)13-5-7-15(8-6-13)25(2,22)23/h5-8,14,16-18,20H,3-4,9-12H2,1-2H3. The number of piperidine rings is 1. The summed E-state index contributed by atoms with van der Waals surface area (Å²) < 4.78 is 43.5. The molecule has 2 heterocycles. The summed E-state index contributed by atoms with van der Waals surface area (Å²) in [5, 5.41) is 3.51. The molecule has 0 saturated carbocycles. The molecule has 1 aromatic carbocycles. The van der Waals surface area contributed by atoms with E-state index in [0.717, 1.165) is 38.0 Å². The Hall–Kier alpha value is -1.02. The van der Waals surface area contributed by atoms with Crippen LogP contribution in [0.1, 0.15) is 37.3 Å². The number of hydrogen-bond acceptors (Lipinski definition) is 5. The first-order valence-corrected chi connectivity index (χ1v) is 10.8. The molecular weight excluding hydrogens is 343 g/mol. The Bertz CT molecular complexity index is 674. The Morgan fingerprint density at radius 3 is 2.56 bits per heavy atom. The number of ether oxygens (including phenoxy) is 1. The van der Waals surface area contributed by atoms with Gasteiger partial charge in [-0.3, -0.25) is 10.2 Å². The van der Waals surface area contributed by atoms with E-state index in [-0.39, 0.29) is 23.2 Å². The van der Waals surface area contributed by atoms with Gasteiger partial charge in [0, 0.05) is 19.4 Å². The Morgan fingerprint density at radius 2 is 1.96 bits per heavy atom. The number of likely N-dealkylation sites (tertiary alicyclic amines) is 1. The molecule has 0 radical (unpaired) electrons. The van der Waals surface area contributed by atoms with E-state index in [1.165, 1.54) is 6.26 Å². The minimum absolute atomic E-state index is 0.0933. The van der Waals surface area contributed by atoms with E-state index in [4.69, 9.17) is 4.74 Å². The van der Waals surface area contributed by atoms with Crippen LogP contribution in [0.4, 0.5) is 4.39 Å². The van der Waals surface area contributed by atoms with Crippen molar-refractivity contribution in [2.24, 2.45) is 0 Å². The molecule has 2 fully saturated rings. The number of sulfone groups is 1. The highest BCUT2D eigenvalue weighted by molar-refractivity contribution is 7.90. The van der Waals surface area contributed by atoms with Gasteiger partial charge in [0.2, 0.25) is 0 Å². The molecule has 140 valence electrons. The molecule has 1 aromatic rings. The highest BCUT2D eigenvalue weighted by atomic mass is 32.2. The van der Waals surface area contributed by atoms with Gasteiger partial charge in [-0.2, -0.15) is 0 Å². The van der Waals surface area contributed by atoms with Crippen molar-refractivity contribution in [1.82, 2.24) is 10.2 Å². The summed E-state index contributed by atoms with van der Waals surface area (Å²) >= 11 is 0. The van der Waals surface area contributed by atoms with E-state index in [2.05, 4.69) is 5.32 Å². The second-order valence-electron chi connectivity index (χ2n) is 7.10. The number of nitrogens with zero attached hydrogens (tertiary/aromatic N) is 1. The maximum Gasteiger partial charge on any atom is 0.175 e. The van der Waals surface area contributed by atoms with E-state index in [0.29, 0.717) is 6.42 Å². The van der Waals surface area contributed by atoms with Gasteiger partial charge in [0.25, 0.3) is 0 Å². The van der Waals surface area contributed by atoms with E-state index in [9.17, 15) is 12.8 Å². The molecular formula is C18H27FN2O3S. The van der Waals surface area contributed by atoms with Crippen LogP contribution in [0.5, 0.6) is 0 Å². The lowest BCUT2D eigenvalue weighted by Crippen LogP contribution is -2.52. The molecule has 7 heteroatoms. The average molecular weight is 370 g/mol. The van der Waals surface area contributed by atoms with Crippen molar-refractivity contribution in [3.05, 3.63) is 29.8 Å². The third-order valence-electron chi connectivity index (χ3n) is 5.24. The molecule has 2 aliphatic rings. The zero-order chi connectivity index (χ0) is 18.0. The highest BCUT2D eigenvalue weighted by Crippen LogP contribution is 2.35. The quantitative estimate of drug-likeness (QED) is 0.862. The zero-order valence-corrected chi connectivity index (χ0v) is 15.6. The summed E-state index contributed by atoms with van der Waals surface area (Å²) in [6.07, 6.45) is 3.99. The molecule has 25 heavy (non-hydrogen) atoms. The van der Waals surface area contributed by atoms with Crippen LogP contribution in [0.25, 0.3) is 0 Å². The first kappa shape index (κ1) is 18.8. The second kappa shape index (κ2) is 7.70. The van der Waals surface area contributed by atoms with E-state index in [1.54, 1.807) is 24.3 Å². The molecule has 2 aliphatic heterocycles. The maximum atomic E-state index is 14.6. The summed E-state index contributed by atoms with van der Waals surface area (Å²) in [5.74, 6) is 0. The second-order valence-corrected chi connectivity index (χ2v) is 9.12. The molecule has 0 bridgehead atoms. The fourth-order valence-electron chi connectivity index (χ4n) is 3.80. The van der Waals surface area contributed by atoms with Gasteiger partial charge in [0.15, 0.2) is 9.84 Å². The van der Waals surface area contributed by atoms with E-state index in [1.807, 2.05) is 11.9 Å². The summed E-state index contributed by atoms with van der Waals surface area (Å²) in [7, 11) is -1.32. The Balaban J connectivity index is 1.70. The molecule has 3 rings (SSSR count). The zero-order valence-electron chi connectivity index (χ0n) is 14.8. The van der Waals surface area contributed by atoms with Gasteiger partial charge in [0.05, 0.1) is 23.2 Å². The van der Waals surface area contributed by atoms with Crippen molar-refractivity contribution >= 4 is 9.84 Å². The molecule has 0 aliphatic carbocycles. The van der Waals surface area contributed by atoms with Crippen molar-refractivity contribution < 1.29 is 17.5 Å². The third-order valence-corrected chi connectivity index (χ3v) is 6.37. The maximum absolute atomic E-state index is 14.6. The van der Waals surface area contributed by atoms with Crippen LogP contribution >= 0.6 is 0 Å². The van der Waals surface area contributed by atoms with Gasteiger partial charge < -0.3 is 4.74 Å². The van der Waals surface area contributed by atoms with Gasteiger partial charge in [0.1, 0.15) is 6.17 Å². The number of alkyl halides is 1. The summed E-state index contributed by atoms with van der Waals surface area (Å²) in [6, 6.07) is 6.21. The smallest absolute Gasteiger partial charge is 0.175 e. The number of halogens is 1. The number of benzene rings is 1. The molecule has 0 spiro atoms. The van der Waals surface area contributed by atoms with Gasteiger partial charge in [-0.05, 0) is 50.4 Å². The minimum atomic E-state index is -3.24. The van der Waals surface area contributed by atoms with Gasteiger partial charge >= 0.3 is 0 Å². The topological polar surface area (TPSA) is 58.6 Å². The van der Waals surface area contributed by atoms with Crippen molar-refractivity contribution in [3.8, 4) is 0 Å². The average Bonchev–Trinajstić information content (AvgIpc) is 3.07. The Labute approximate surface area is 149 Å². The van der Waals surface area contributed by atoms with Crippen LogP contribution in [0, 0.1) is 0 Å². The molecule has 5 nitrogen and oxygen atoms in total. The van der Waals surface area contributed by atoms with Crippen molar-refractivity contribution in [2.45, 2.75) is 55.1 Å². The van der Waals surface area contributed by atoms with Gasteiger partial charge in [-0.25, -0.2) is 12.8 Å². The lowest BCUT2D eigenvalue weighted by Gasteiger charge is -2.42. The van der Waals surface area contributed by atoms with Crippen LogP contribution < -0.4 is 5.32 Å². The summed E-state index contributed by atoms with van der Waals surface area (Å²) in [5.41, 5.74) is 0.811.